The van der Waals surface area contributed by atoms with Gasteiger partial charge in [0.15, 0.2) is 0 Å². The van der Waals surface area contributed by atoms with Gasteiger partial charge < -0.3 is 43.4 Å². The molecule has 0 saturated heterocycles. The molecule has 0 rings (SSSR count). The fourth-order valence-corrected chi connectivity index (χ4v) is 2.56. The van der Waals surface area contributed by atoms with Gasteiger partial charge in [0, 0.05) is 12.8 Å². The number of carbonyl (C=O) groups is 6. The molecule has 14 nitrogen and oxygen atoms in total. The van der Waals surface area contributed by atoms with Crippen LogP contribution < -0.4 is 33.2 Å². The number of unbranched alkanes of at least 4 members (excludes halogenated alkanes) is 1. The predicted octanol–water partition coefficient (Wildman–Crippen LogP) is -3.26. The van der Waals surface area contributed by atoms with E-state index in [1.165, 1.54) is 0 Å². The second kappa shape index (κ2) is 15.5. The average Bonchev–Trinajstić information content (AvgIpc) is 2.71. The molecule has 0 heterocycles. The van der Waals surface area contributed by atoms with Crippen molar-refractivity contribution in [3.8, 4) is 0 Å². The SMILES string of the molecule is NCCCCC(NC(=O)C(CCC(=O)O)NC(=O)C(N)CCC(N)=O)C(=O)NCC(=O)O. The fourth-order valence-electron chi connectivity index (χ4n) is 2.56. The molecule has 3 atom stereocenters. The van der Waals surface area contributed by atoms with Crippen molar-refractivity contribution in [3.63, 3.8) is 0 Å². The molecule has 0 aromatic rings. The molecule has 0 aliphatic heterocycles. The van der Waals surface area contributed by atoms with E-state index in [9.17, 15) is 28.8 Å². The topological polar surface area (TPSA) is 257 Å². The first-order chi connectivity index (χ1) is 15.0. The van der Waals surface area contributed by atoms with Crippen LogP contribution in [-0.2, 0) is 28.8 Å². The van der Waals surface area contributed by atoms with Gasteiger partial charge in [-0.05, 0) is 38.6 Å². The molecular formula is C18H32N6O8. The Labute approximate surface area is 184 Å². The van der Waals surface area contributed by atoms with Crippen LogP contribution in [0.3, 0.4) is 0 Å². The van der Waals surface area contributed by atoms with Gasteiger partial charge in [-0.15, -0.1) is 0 Å². The molecule has 182 valence electrons. The fraction of sp³-hybridized carbons (Fsp3) is 0.667. The third-order valence-electron chi connectivity index (χ3n) is 4.31. The van der Waals surface area contributed by atoms with Crippen molar-refractivity contribution in [2.24, 2.45) is 17.2 Å². The maximum absolute atomic E-state index is 12.7. The van der Waals surface area contributed by atoms with E-state index < -0.39 is 66.7 Å². The van der Waals surface area contributed by atoms with E-state index in [1.807, 2.05) is 0 Å². The molecule has 4 amide bonds. The first-order valence-electron chi connectivity index (χ1n) is 10.0. The summed E-state index contributed by atoms with van der Waals surface area (Å²) in [5, 5.41) is 24.5. The highest BCUT2D eigenvalue weighted by Crippen LogP contribution is 2.05. The van der Waals surface area contributed by atoms with E-state index in [-0.39, 0.29) is 25.7 Å². The molecule has 0 fully saturated rings. The Kier molecular flexibility index (Phi) is 13.9. The first-order valence-corrected chi connectivity index (χ1v) is 10.0. The van der Waals surface area contributed by atoms with Crippen molar-refractivity contribution in [3.05, 3.63) is 0 Å². The van der Waals surface area contributed by atoms with Gasteiger partial charge in [0.25, 0.3) is 0 Å². The number of carboxylic acid groups (broad SMARTS) is 2. The van der Waals surface area contributed by atoms with Gasteiger partial charge in [0.05, 0.1) is 6.04 Å². The number of hydrogen-bond donors (Lipinski definition) is 8. The second-order valence-corrected chi connectivity index (χ2v) is 7.06. The van der Waals surface area contributed by atoms with Gasteiger partial charge in [0.1, 0.15) is 18.6 Å². The smallest absolute Gasteiger partial charge is 0.322 e. The molecule has 11 N–H and O–H groups in total. The third kappa shape index (κ3) is 13.1. The van der Waals surface area contributed by atoms with Crippen molar-refractivity contribution < 1.29 is 39.0 Å². The summed E-state index contributed by atoms with van der Waals surface area (Å²) in [7, 11) is 0. The Bertz CT molecular complexity index is 686. The van der Waals surface area contributed by atoms with Crippen LogP contribution >= 0.6 is 0 Å². The van der Waals surface area contributed by atoms with Crippen molar-refractivity contribution in [2.45, 2.75) is 63.1 Å². The highest BCUT2D eigenvalue weighted by molar-refractivity contribution is 5.94. The molecule has 3 unspecified atom stereocenters. The van der Waals surface area contributed by atoms with Crippen LogP contribution in [0.2, 0.25) is 0 Å². The van der Waals surface area contributed by atoms with Crippen LogP contribution in [0.5, 0.6) is 0 Å². The highest BCUT2D eigenvalue weighted by Gasteiger charge is 2.28. The van der Waals surface area contributed by atoms with E-state index in [1.54, 1.807) is 0 Å². The molecule has 0 aliphatic rings. The minimum atomic E-state index is -1.33. The van der Waals surface area contributed by atoms with Gasteiger partial charge in [-0.25, -0.2) is 0 Å². The number of nitrogens with two attached hydrogens (primary N) is 3. The lowest BCUT2D eigenvalue weighted by atomic mass is 10.1. The van der Waals surface area contributed by atoms with Gasteiger partial charge in [-0.2, -0.15) is 0 Å². The zero-order chi connectivity index (χ0) is 24.7. The van der Waals surface area contributed by atoms with E-state index >= 15 is 0 Å². The summed E-state index contributed by atoms with van der Waals surface area (Å²) in [4.78, 5) is 69.7. The Balaban J connectivity index is 5.28. The Morgan fingerprint density at radius 3 is 1.88 bits per heavy atom. The average molecular weight is 460 g/mol. The van der Waals surface area contributed by atoms with Crippen LogP contribution in [0.4, 0.5) is 0 Å². The summed E-state index contributed by atoms with van der Waals surface area (Å²) in [5.74, 6) is -5.55. The normalized spacial score (nSPS) is 13.3. The van der Waals surface area contributed by atoms with E-state index in [0.29, 0.717) is 19.4 Å². The van der Waals surface area contributed by atoms with E-state index in [4.69, 9.17) is 27.4 Å². The minimum Gasteiger partial charge on any atom is -0.481 e. The van der Waals surface area contributed by atoms with Gasteiger partial charge >= 0.3 is 11.9 Å². The summed E-state index contributed by atoms with van der Waals surface area (Å²) in [6, 6.07) is -3.62. The largest absolute Gasteiger partial charge is 0.481 e. The third-order valence-corrected chi connectivity index (χ3v) is 4.31. The lowest BCUT2D eigenvalue weighted by molar-refractivity contribution is -0.138. The van der Waals surface area contributed by atoms with Crippen molar-refractivity contribution in [1.82, 2.24) is 16.0 Å². The molecule has 0 aromatic carbocycles. The van der Waals surface area contributed by atoms with Crippen LogP contribution in [0, 0.1) is 0 Å². The minimum absolute atomic E-state index is 0.0757. The molecule has 0 radical (unpaired) electrons. The first kappa shape index (κ1) is 28.7. The Morgan fingerprint density at radius 2 is 1.34 bits per heavy atom. The van der Waals surface area contributed by atoms with E-state index in [2.05, 4.69) is 16.0 Å². The number of aliphatic carboxylic acids is 2. The van der Waals surface area contributed by atoms with Crippen LogP contribution in [0.1, 0.15) is 44.9 Å². The molecule has 0 spiro atoms. The number of carboxylic acids is 2. The van der Waals surface area contributed by atoms with Gasteiger partial charge in [-0.1, -0.05) is 0 Å². The standard InChI is InChI=1S/C18H32N6O8/c19-8-2-1-3-11(17(31)22-9-15(28)29)24-18(32)12(5-7-14(26)27)23-16(30)10(20)4-6-13(21)25/h10-12H,1-9,19-20H2,(H2,21,25)(H,22,31)(H,23,30)(H,24,32)(H,26,27)(H,28,29). The summed E-state index contributed by atoms with van der Waals surface area (Å²) in [6.07, 6.45) is 0.158. The Morgan fingerprint density at radius 1 is 0.750 bits per heavy atom. The molecule has 0 bridgehead atoms. The van der Waals surface area contributed by atoms with Crippen molar-refractivity contribution in [2.75, 3.05) is 13.1 Å². The zero-order valence-electron chi connectivity index (χ0n) is 17.7. The summed E-state index contributed by atoms with van der Waals surface area (Å²) < 4.78 is 0. The lowest BCUT2D eigenvalue weighted by Gasteiger charge is -2.24. The monoisotopic (exact) mass is 460 g/mol. The molecule has 14 heteroatoms. The van der Waals surface area contributed by atoms with Crippen LogP contribution in [0.25, 0.3) is 0 Å². The summed E-state index contributed by atoms with van der Waals surface area (Å²) in [5.41, 5.74) is 16.1. The number of nitrogens with one attached hydrogen (secondary N) is 3. The van der Waals surface area contributed by atoms with Gasteiger partial charge in [-0.3, -0.25) is 28.8 Å². The van der Waals surface area contributed by atoms with Crippen molar-refractivity contribution in [1.29, 1.82) is 0 Å². The number of hydrogen-bond acceptors (Lipinski definition) is 8. The molecule has 0 aliphatic carbocycles. The lowest BCUT2D eigenvalue weighted by Crippen LogP contribution is -2.56. The van der Waals surface area contributed by atoms with E-state index in [0.717, 1.165) is 0 Å². The van der Waals surface area contributed by atoms with Crippen molar-refractivity contribution >= 4 is 35.6 Å². The number of primary amides is 1. The molecule has 0 saturated carbocycles. The number of carbonyl (C=O) groups excluding carboxylic acids is 4. The second-order valence-electron chi connectivity index (χ2n) is 7.06. The van der Waals surface area contributed by atoms with Crippen LogP contribution in [0.15, 0.2) is 0 Å². The highest BCUT2D eigenvalue weighted by atomic mass is 16.4. The predicted molar refractivity (Wildman–Crippen MR) is 111 cm³/mol. The quantitative estimate of drug-likeness (QED) is 0.100. The van der Waals surface area contributed by atoms with Crippen LogP contribution in [-0.4, -0.2) is 77.0 Å². The van der Waals surface area contributed by atoms with Gasteiger partial charge in [0.2, 0.25) is 23.6 Å². The zero-order valence-corrected chi connectivity index (χ0v) is 17.7. The summed E-state index contributed by atoms with van der Waals surface area (Å²) >= 11 is 0. The number of amides is 4. The molecule has 0 aromatic heterocycles. The maximum atomic E-state index is 12.7. The summed E-state index contributed by atoms with van der Waals surface area (Å²) in [6.45, 7) is -0.312. The molecular weight excluding hydrogens is 428 g/mol. The molecule has 32 heavy (non-hydrogen) atoms. The Hall–Kier alpha value is -3.26. The number of rotatable bonds is 17. The maximum Gasteiger partial charge on any atom is 0.322 e.